The monoisotopic (exact) mass is 483 g/mol. The van der Waals surface area contributed by atoms with Crippen LogP contribution in [0.3, 0.4) is 0 Å². The number of benzene rings is 2. The normalized spacial score (nSPS) is 13.7. The molecule has 0 fully saturated rings. The van der Waals surface area contributed by atoms with Crippen molar-refractivity contribution in [1.82, 2.24) is 0 Å². The third-order valence-electron chi connectivity index (χ3n) is 3.73. The van der Waals surface area contributed by atoms with Crippen LogP contribution in [0.2, 0.25) is 10.0 Å². The second kappa shape index (κ2) is 10.7. The molecule has 0 bridgehead atoms. The first kappa shape index (κ1) is 24.0. The molecule has 0 aliphatic heterocycles. The lowest BCUT2D eigenvalue weighted by Gasteiger charge is -2.14. The zero-order chi connectivity index (χ0) is 21.6. The fourth-order valence-electron chi connectivity index (χ4n) is 2.17. The first-order valence-electron chi connectivity index (χ1n) is 8.41. The smallest absolute Gasteiger partial charge is 0.206 e. The van der Waals surface area contributed by atoms with Gasteiger partial charge in [0.25, 0.3) is 0 Å². The van der Waals surface area contributed by atoms with Gasteiger partial charge in [-0.1, -0.05) is 23.2 Å². The Morgan fingerprint density at radius 2 is 1.48 bits per heavy atom. The highest BCUT2D eigenvalue weighted by Gasteiger charge is 2.22. The van der Waals surface area contributed by atoms with Gasteiger partial charge in [-0.15, -0.1) is 11.6 Å². The molecule has 0 spiro atoms. The Kier molecular flexibility index (Phi) is 8.84. The largest absolute Gasteiger partial charge is 0.491 e. The van der Waals surface area contributed by atoms with E-state index in [4.69, 9.17) is 50.0 Å². The molecular formula is C18H20Cl3NO6S. The van der Waals surface area contributed by atoms with Crippen molar-refractivity contribution in [3.63, 3.8) is 0 Å². The van der Waals surface area contributed by atoms with Crippen LogP contribution in [-0.4, -0.2) is 56.5 Å². The summed E-state index contributed by atoms with van der Waals surface area (Å²) in [6.45, 7) is -0.0957. The summed E-state index contributed by atoms with van der Waals surface area (Å²) in [5.74, 6) is 0.403. The quantitative estimate of drug-likeness (QED) is 0.443. The number of alkyl halides is 1. The summed E-state index contributed by atoms with van der Waals surface area (Å²) in [5, 5.41) is 18.8. The van der Waals surface area contributed by atoms with Gasteiger partial charge in [-0.25, -0.2) is 8.42 Å². The van der Waals surface area contributed by atoms with Crippen LogP contribution >= 0.6 is 34.8 Å². The lowest BCUT2D eigenvalue weighted by Crippen LogP contribution is -2.26. The molecule has 0 heterocycles. The zero-order valence-corrected chi connectivity index (χ0v) is 18.2. The topological polar surface area (TPSA) is 119 Å². The minimum atomic E-state index is -3.91. The molecular weight excluding hydrogens is 465 g/mol. The Labute approximate surface area is 183 Å². The molecule has 2 aromatic rings. The predicted molar refractivity (Wildman–Crippen MR) is 111 cm³/mol. The van der Waals surface area contributed by atoms with Crippen LogP contribution in [0, 0.1) is 0 Å². The van der Waals surface area contributed by atoms with Gasteiger partial charge >= 0.3 is 0 Å². The molecule has 2 atom stereocenters. The lowest BCUT2D eigenvalue weighted by molar-refractivity contribution is 0.114. The first-order valence-corrected chi connectivity index (χ1v) is 11.2. The van der Waals surface area contributed by atoms with Gasteiger partial charge in [0.15, 0.2) is 5.75 Å². The molecule has 29 heavy (non-hydrogen) atoms. The number of hydrogen-bond donors (Lipinski definition) is 3. The van der Waals surface area contributed by atoms with Crippen molar-refractivity contribution in [2.75, 3.05) is 25.6 Å². The Hall–Kier alpha value is -1.26. The molecule has 11 heteroatoms. The van der Waals surface area contributed by atoms with E-state index in [1.807, 2.05) is 0 Å². The van der Waals surface area contributed by atoms with Crippen molar-refractivity contribution in [3.8, 4) is 11.5 Å². The molecule has 0 aromatic heterocycles. The van der Waals surface area contributed by atoms with E-state index in [2.05, 4.69) is 0 Å². The average Bonchev–Trinajstić information content (AvgIpc) is 2.71. The van der Waals surface area contributed by atoms with E-state index in [1.54, 1.807) is 0 Å². The highest BCUT2D eigenvalue weighted by atomic mass is 35.5. The first-order chi connectivity index (χ1) is 13.7. The Morgan fingerprint density at radius 3 is 2.00 bits per heavy atom. The number of aliphatic hydroxyl groups excluding tert-OH is 2. The van der Waals surface area contributed by atoms with E-state index < -0.39 is 22.0 Å². The molecule has 0 aliphatic rings. The van der Waals surface area contributed by atoms with E-state index in [-0.39, 0.29) is 51.2 Å². The van der Waals surface area contributed by atoms with Crippen LogP contribution in [0.4, 0.5) is 0 Å². The minimum absolute atomic E-state index is 0.00240. The molecule has 4 N–H and O–H groups in total. The van der Waals surface area contributed by atoms with Crippen molar-refractivity contribution in [2.24, 2.45) is 5.73 Å². The molecule has 0 saturated carbocycles. The molecule has 2 aromatic carbocycles. The Bertz CT molecular complexity index is 901. The van der Waals surface area contributed by atoms with Crippen molar-refractivity contribution in [2.45, 2.75) is 22.0 Å². The molecule has 7 nitrogen and oxygen atoms in total. The molecule has 0 radical (unpaired) electrons. The molecule has 0 aliphatic carbocycles. The SMILES string of the molecule is NC[C@@H](O)COc1ccc(S(=O)(=O)c2cc(Cl)c(OC[C@H](O)CCl)c(Cl)c2)cc1. The van der Waals surface area contributed by atoms with E-state index in [9.17, 15) is 18.6 Å². The van der Waals surface area contributed by atoms with Crippen LogP contribution in [0.5, 0.6) is 11.5 Å². The summed E-state index contributed by atoms with van der Waals surface area (Å²) >= 11 is 17.7. The van der Waals surface area contributed by atoms with Gasteiger partial charge in [-0.3, -0.25) is 0 Å². The molecule has 2 rings (SSSR count). The number of rotatable bonds is 10. The van der Waals surface area contributed by atoms with Crippen LogP contribution in [0.25, 0.3) is 0 Å². The summed E-state index contributed by atoms with van der Waals surface area (Å²) in [6.07, 6.45) is -1.73. The standard InChI is InChI=1S/C18H20Cl3NO6S/c19-7-11(23)9-28-18-16(20)5-15(6-17(18)21)29(25,26)14-3-1-13(2-4-14)27-10-12(24)8-22/h1-6,11-12,23-24H,7-10,22H2/t11-,12-/m1/s1. The maximum absolute atomic E-state index is 12.9. The number of nitrogens with two attached hydrogens (primary N) is 1. The van der Waals surface area contributed by atoms with Gasteiger partial charge in [0.1, 0.15) is 31.2 Å². The van der Waals surface area contributed by atoms with Gasteiger partial charge in [0, 0.05) is 6.54 Å². The highest BCUT2D eigenvalue weighted by molar-refractivity contribution is 7.91. The molecule has 0 amide bonds. The maximum atomic E-state index is 12.9. The third-order valence-corrected chi connectivity index (χ3v) is 6.40. The number of ether oxygens (including phenoxy) is 2. The average molecular weight is 485 g/mol. The van der Waals surface area contributed by atoms with E-state index >= 15 is 0 Å². The Morgan fingerprint density at radius 1 is 0.931 bits per heavy atom. The zero-order valence-electron chi connectivity index (χ0n) is 15.1. The summed E-state index contributed by atoms with van der Waals surface area (Å²) in [5.41, 5.74) is 5.30. The summed E-state index contributed by atoms with van der Waals surface area (Å²) in [6, 6.07) is 8.08. The van der Waals surface area contributed by atoms with Crippen LogP contribution in [0.1, 0.15) is 0 Å². The van der Waals surface area contributed by atoms with Crippen LogP contribution in [-0.2, 0) is 9.84 Å². The Balaban J connectivity index is 2.22. The molecule has 160 valence electrons. The second-order valence-corrected chi connectivity index (χ2v) is 9.08. The fraction of sp³-hybridized carbons (Fsp3) is 0.333. The third kappa shape index (κ3) is 6.36. The number of aliphatic hydroxyl groups is 2. The number of sulfone groups is 1. The fourth-order valence-corrected chi connectivity index (χ4v) is 4.29. The van der Waals surface area contributed by atoms with Gasteiger partial charge in [0.05, 0.1) is 25.7 Å². The van der Waals surface area contributed by atoms with Crippen molar-refractivity contribution in [1.29, 1.82) is 0 Å². The lowest BCUT2D eigenvalue weighted by atomic mass is 10.3. The van der Waals surface area contributed by atoms with E-state index in [1.165, 1.54) is 36.4 Å². The van der Waals surface area contributed by atoms with Gasteiger partial charge in [-0.2, -0.15) is 0 Å². The van der Waals surface area contributed by atoms with Gasteiger partial charge in [0.2, 0.25) is 9.84 Å². The summed E-state index contributed by atoms with van der Waals surface area (Å²) in [7, 11) is -3.91. The van der Waals surface area contributed by atoms with Crippen LogP contribution < -0.4 is 15.2 Å². The second-order valence-electron chi connectivity index (χ2n) is 6.01. The number of halogens is 3. The summed E-state index contributed by atoms with van der Waals surface area (Å²) < 4.78 is 36.4. The van der Waals surface area contributed by atoms with Gasteiger partial charge < -0.3 is 25.4 Å². The predicted octanol–water partition coefficient (Wildman–Crippen LogP) is 2.50. The van der Waals surface area contributed by atoms with Crippen molar-refractivity contribution in [3.05, 3.63) is 46.4 Å². The van der Waals surface area contributed by atoms with Crippen LogP contribution in [0.15, 0.2) is 46.2 Å². The number of hydrogen-bond acceptors (Lipinski definition) is 7. The van der Waals surface area contributed by atoms with Crippen molar-refractivity contribution < 1.29 is 28.1 Å². The van der Waals surface area contributed by atoms with E-state index in [0.717, 1.165) is 0 Å². The van der Waals surface area contributed by atoms with Gasteiger partial charge in [-0.05, 0) is 36.4 Å². The maximum Gasteiger partial charge on any atom is 0.206 e. The molecule has 0 unspecified atom stereocenters. The van der Waals surface area contributed by atoms with Crippen molar-refractivity contribution >= 4 is 44.6 Å². The highest BCUT2D eigenvalue weighted by Crippen LogP contribution is 2.37. The minimum Gasteiger partial charge on any atom is -0.491 e. The van der Waals surface area contributed by atoms with E-state index in [0.29, 0.717) is 5.75 Å². The molecule has 0 saturated heterocycles. The summed E-state index contributed by atoms with van der Waals surface area (Å²) in [4.78, 5) is -0.118.